The van der Waals surface area contributed by atoms with Crippen molar-refractivity contribution in [1.82, 2.24) is 15.6 Å². The van der Waals surface area contributed by atoms with Crippen molar-refractivity contribution in [3.8, 4) is 0 Å². The number of carbonyl (C=O) groups excluding carboxylic acids is 1. The maximum Gasteiger partial charge on any atom is 0.314 e. The number of rotatable bonds is 5. The first kappa shape index (κ1) is 15.5. The number of hydrogen-bond acceptors (Lipinski definition) is 3. The Kier molecular flexibility index (Phi) is 5.39. The average molecular weight is 267 g/mol. The second-order valence-electron chi connectivity index (χ2n) is 5.67. The van der Waals surface area contributed by atoms with E-state index in [1.807, 2.05) is 13.8 Å². The largest absolute Gasteiger partial charge is 0.445 e. The molecule has 0 aromatic carbocycles. The van der Waals surface area contributed by atoms with Crippen LogP contribution in [0.15, 0.2) is 4.42 Å². The molecule has 0 spiro atoms. The summed E-state index contributed by atoms with van der Waals surface area (Å²) in [6.45, 7) is 11.4. The Bertz CT molecular complexity index is 419. The molecular weight excluding hydrogens is 242 g/mol. The molecule has 5 nitrogen and oxygen atoms in total. The lowest BCUT2D eigenvalue weighted by Crippen LogP contribution is -2.35. The molecule has 19 heavy (non-hydrogen) atoms. The minimum absolute atomic E-state index is 0.0672. The topological polar surface area (TPSA) is 67.2 Å². The second-order valence-corrected chi connectivity index (χ2v) is 5.67. The molecular formula is C14H25N3O2. The van der Waals surface area contributed by atoms with Crippen LogP contribution in [0.5, 0.6) is 0 Å². The standard InChI is InChI=1S/C14H25N3O2/c1-6-15-13(18)16-9-7-8-11-10(2)17-12(19-11)14(3,4)5/h6-9H2,1-5H3,(H2,15,16,18). The van der Waals surface area contributed by atoms with E-state index in [0.717, 1.165) is 30.2 Å². The van der Waals surface area contributed by atoms with Crippen LogP contribution in [0.3, 0.4) is 0 Å². The summed E-state index contributed by atoms with van der Waals surface area (Å²) in [5.74, 6) is 1.69. The van der Waals surface area contributed by atoms with Gasteiger partial charge >= 0.3 is 6.03 Å². The van der Waals surface area contributed by atoms with Gasteiger partial charge in [-0.3, -0.25) is 0 Å². The van der Waals surface area contributed by atoms with Crippen LogP contribution in [-0.2, 0) is 11.8 Å². The number of aromatic nitrogens is 1. The zero-order chi connectivity index (χ0) is 14.5. The highest BCUT2D eigenvalue weighted by Gasteiger charge is 2.21. The van der Waals surface area contributed by atoms with Crippen LogP contribution in [-0.4, -0.2) is 24.1 Å². The van der Waals surface area contributed by atoms with E-state index in [9.17, 15) is 4.79 Å². The fraction of sp³-hybridized carbons (Fsp3) is 0.714. The van der Waals surface area contributed by atoms with E-state index >= 15 is 0 Å². The number of oxazole rings is 1. The van der Waals surface area contributed by atoms with Gasteiger partial charge in [0.15, 0.2) is 5.89 Å². The number of urea groups is 1. The predicted octanol–water partition coefficient (Wildman–Crippen LogP) is 2.53. The van der Waals surface area contributed by atoms with Crippen LogP contribution in [0.1, 0.15) is 51.5 Å². The van der Waals surface area contributed by atoms with Crippen LogP contribution in [0.2, 0.25) is 0 Å². The summed E-state index contributed by atoms with van der Waals surface area (Å²) in [4.78, 5) is 15.7. The molecule has 0 aliphatic carbocycles. The Morgan fingerprint density at radius 1 is 1.32 bits per heavy atom. The molecule has 1 aromatic rings. The van der Waals surface area contributed by atoms with Crippen molar-refractivity contribution in [3.63, 3.8) is 0 Å². The van der Waals surface area contributed by atoms with E-state index in [4.69, 9.17) is 4.42 Å². The first-order valence-corrected chi connectivity index (χ1v) is 6.83. The molecule has 1 aromatic heterocycles. The molecule has 0 fully saturated rings. The zero-order valence-corrected chi connectivity index (χ0v) is 12.6. The van der Waals surface area contributed by atoms with Crippen molar-refractivity contribution >= 4 is 6.03 Å². The van der Waals surface area contributed by atoms with Crippen molar-refractivity contribution in [2.75, 3.05) is 13.1 Å². The van der Waals surface area contributed by atoms with E-state index < -0.39 is 0 Å². The van der Waals surface area contributed by atoms with Gasteiger partial charge in [-0.25, -0.2) is 9.78 Å². The molecule has 0 saturated heterocycles. The summed E-state index contributed by atoms with van der Waals surface area (Å²) in [5, 5.41) is 5.49. The summed E-state index contributed by atoms with van der Waals surface area (Å²) in [6, 6.07) is -0.118. The van der Waals surface area contributed by atoms with Gasteiger partial charge in [-0.05, 0) is 20.3 Å². The van der Waals surface area contributed by atoms with Crippen molar-refractivity contribution in [1.29, 1.82) is 0 Å². The Hall–Kier alpha value is -1.52. The quantitative estimate of drug-likeness (QED) is 0.806. The molecule has 1 heterocycles. The van der Waals surface area contributed by atoms with Crippen molar-refractivity contribution < 1.29 is 9.21 Å². The van der Waals surface area contributed by atoms with Gasteiger partial charge in [0.2, 0.25) is 0 Å². The normalized spacial score (nSPS) is 11.4. The number of nitrogens with zero attached hydrogens (tertiary/aromatic N) is 1. The maximum atomic E-state index is 11.2. The van der Waals surface area contributed by atoms with Gasteiger partial charge in [0, 0.05) is 24.9 Å². The van der Waals surface area contributed by atoms with E-state index in [-0.39, 0.29) is 11.4 Å². The van der Waals surface area contributed by atoms with Crippen molar-refractivity contribution in [2.45, 2.75) is 52.9 Å². The molecule has 0 aliphatic rings. The molecule has 0 bridgehead atoms. The number of carbonyl (C=O) groups is 1. The smallest absolute Gasteiger partial charge is 0.314 e. The van der Waals surface area contributed by atoms with Crippen LogP contribution >= 0.6 is 0 Å². The number of nitrogens with one attached hydrogen (secondary N) is 2. The third-order valence-corrected chi connectivity index (χ3v) is 2.74. The van der Waals surface area contributed by atoms with E-state index in [0.29, 0.717) is 13.1 Å². The molecule has 1 rings (SSSR count). The third kappa shape index (κ3) is 4.93. The molecule has 5 heteroatoms. The maximum absolute atomic E-state index is 11.2. The van der Waals surface area contributed by atoms with Gasteiger partial charge in [-0.15, -0.1) is 0 Å². The van der Waals surface area contributed by atoms with Gasteiger partial charge in [-0.2, -0.15) is 0 Å². The van der Waals surface area contributed by atoms with Gasteiger partial charge in [-0.1, -0.05) is 20.8 Å². The first-order valence-electron chi connectivity index (χ1n) is 6.83. The Balaban J connectivity index is 2.42. The molecule has 0 aliphatic heterocycles. The van der Waals surface area contributed by atoms with Crippen LogP contribution in [0, 0.1) is 6.92 Å². The fourth-order valence-electron chi connectivity index (χ4n) is 1.65. The Labute approximate surface area is 115 Å². The number of aryl methyl sites for hydroxylation is 2. The number of hydrogen-bond donors (Lipinski definition) is 2. The monoisotopic (exact) mass is 267 g/mol. The zero-order valence-electron chi connectivity index (χ0n) is 12.6. The summed E-state index contributed by atoms with van der Waals surface area (Å²) < 4.78 is 5.79. The lowest BCUT2D eigenvalue weighted by molar-refractivity contribution is 0.241. The van der Waals surface area contributed by atoms with Gasteiger partial charge in [0.1, 0.15) is 5.76 Å². The second kappa shape index (κ2) is 6.59. The molecule has 0 radical (unpaired) electrons. The molecule has 0 unspecified atom stereocenters. The summed E-state index contributed by atoms with van der Waals surface area (Å²) >= 11 is 0. The lowest BCUT2D eigenvalue weighted by atomic mass is 9.97. The first-order chi connectivity index (χ1) is 8.84. The molecule has 0 atom stereocenters. The summed E-state index contributed by atoms with van der Waals surface area (Å²) in [6.07, 6.45) is 1.64. The highest BCUT2D eigenvalue weighted by Crippen LogP contribution is 2.24. The highest BCUT2D eigenvalue weighted by molar-refractivity contribution is 5.73. The minimum Gasteiger partial charge on any atom is -0.445 e. The van der Waals surface area contributed by atoms with Crippen LogP contribution < -0.4 is 10.6 Å². The predicted molar refractivity (Wildman–Crippen MR) is 75.3 cm³/mol. The van der Waals surface area contributed by atoms with E-state index in [2.05, 4.69) is 36.4 Å². The van der Waals surface area contributed by atoms with Gasteiger partial charge in [0.25, 0.3) is 0 Å². The molecule has 2 amide bonds. The van der Waals surface area contributed by atoms with Gasteiger partial charge < -0.3 is 15.1 Å². The SMILES string of the molecule is CCNC(=O)NCCCc1oc(C(C)(C)C)nc1C. The molecule has 0 saturated carbocycles. The Morgan fingerprint density at radius 2 is 2.00 bits per heavy atom. The van der Waals surface area contributed by atoms with Crippen LogP contribution in [0.4, 0.5) is 4.79 Å². The summed E-state index contributed by atoms with van der Waals surface area (Å²) in [7, 11) is 0. The van der Waals surface area contributed by atoms with Crippen LogP contribution in [0.25, 0.3) is 0 Å². The minimum atomic E-state index is -0.118. The Morgan fingerprint density at radius 3 is 2.53 bits per heavy atom. The lowest BCUT2D eigenvalue weighted by Gasteiger charge is -2.12. The van der Waals surface area contributed by atoms with Crippen molar-refractivity contribution in [2.24, 2.45) is 0 Å². The molecule has 108 valence electrons. The third-order valence-electron chi connectivity index (χ3n) is 2.74. The average Bonchev–Trinajstić information content (AvgIpc) is 2.66. The fourth-order valence-corrected chi connectivity index (χ4v) is 1.65. The van der Waals surface area contributed by atoms with E-state index in [1.54, 1.807) is 0 Å². The number of amides is 2. The highest BCUT2D eigenvalue weighted by atomic mass is 16.4. The van der Waals surface area contributed by atoms with Gasteiger partial charge in [0.05, 0.1) is 5.69 Å². The molecule has 2 N–H and O–H groups in total. The van der Waals surface area contributed by atoms with Crippen molar-refractivity contribution in [3.05, 3.63) is 17.3 Å². The van der Waals surface area contributed by atoms with E-state index in [1.165, 1.54) is 0 Å². The summed E-state index contributed by atoms with van der Waals surface area (Å²) in [5.41, 5.74) is 0.880.